The van der Waals surface area contributed by atoms with Crippen LogP contribution in [0.1, 0.15) is 35.7 Å². The molecule has 17 heavy (non-hydrogen) atoms. The molecule has 0 saturated carbocycles. The van der Waals surface area contributed by atoms with Gasteiger partial charge in [0.2, 0.25) is 0 Å². The fourth-order valence-corrected chi connectivity index (χ4v) is 1.52. The van der Waals surface area contributed by atoms with Crippen LogP contribution >= 0.6 is 0 Å². The lowest BCUT2D eigenvalue weighted by Crippen LogP contribution is -2.14. The maximum Gasteiger partial charge on any atom is 0.179 e. The molecule has 0 aliphatic carbocycles. The molecule has 0 N–H and O–H groups in total. The summed E-state index contributed by atoms with van der Waals surface area (Å²) in [4.78, 5) is 22.8. The normalized spacial score (nSPS) is 11.6. The van der Waals surface area contributed by atoms with Crippen LogP contribution in [0.2, 0.25) is 0 Å². The number of aryl methyl sites for hydroxylation is 1. The molecule has 1 atom stereocenters. The average molecular weight is 229 g/mol. The summed E-state index contributed by atoms with van der Waals surface area (Å²) in [5, 5.41) is 8.94. The highest BCUT2D eigenvalue weighted by Crippen LogP contribution is 2.14. The van der Waals surface area contributed by atoms with E-state index in [0.29, 0.717) is 12.0 Å². The van der Waals surface area contributed by atoms with Gasteiger partial charge in [-0.05, 0) is 20.3 Å². The van der Waals surface area contributed by atoms with Gasteiger partial charge in [0.05, 0.1) is 6.07 Å². The number of benzene rings is 1. The van der Waals surface area contributed by atoms with Crippen molar-refractivity contribution in [3.8, 4) is 6.07 Å². The summed E-state index contributed by atoms with van der Waals surface area (Å²) in [7, 11) is 0. The molecule has 0 aliphatic heterocycles. The monoisotopic (exact) mass is 229 g/mol. The van der Waals surface area contributed by atoms with Crippen molar-refractivity contribution in [1.82, 2.24) is 0 Å². The van der Waals surface area contributed by atoms with Crippen LogP contribution in [-0.2, 0) is 4.79 Å². The fourth-order valence-electron chi connectivity index (χ4n) is 1.52. The standard InChI is InChI=1S/C14H15NO2/c1-10-3-6-12(7-4-10)14(17)13(9-15)8-5-11(2)16/h3-4,6-7,13H,5,8H2,1-2H3. The second kappa shape index (κ2) is 5.95. The van der Waals surface area contributed by atoms with E-state index in [-0.39, 0.29) is 18.0 Å². The largest absolute Gasteiger partial charge is 0.300 e. The van der Waals surface area contributed by atoms with Gasteiger partial charge >= 0.3 is 0 Å². The number of ketones is 2. The molecule has 0 aromatic heterocycles. The minimum atomic E-state index is -0.721. The summed E-state index contributed by atoms with van der Waals surface area (Å²) in [5.74, 6) is -0.919. The van der Waals surface area contributed by atoms with Crippen molar-refractivity contribution < 1.29 is 9.59 Å². The van der Waals surface area contributed by atoms with Crippen LogP contribution in [0.4, 0.5) is 0 Å². The Morgan fingerprint density at radius 3 is 2.35 bits per heavy atom. The molecule has 0 saturated heterocycles. The van der Waals surface area contributed by atoms with Gasteiger partial charge in [0.1, 0.15) is 11.7 Å². The van der Waals surface area contributed by atoms with Gasteiger partial charge in [-0.15, -0.1) is 0 Å². The maximum absolute atomic E-state index is 12.0. The van der Waals surface area contributed by atoms with Gasteiger partial charge in [-0.3, -0.25) is 4.79 Å². The minimum Gasteiger partial charge on any atom is -0.300 e. The molecule has 1 unspecified atom stereocenters. The van der Waals surface area contributed by atoms with Gasteiger partial charge in [-0.1, -0.05) is 29.8 Å². The molecule has 3 nitrogen and oxygen atoms in total. The molecule has 1 rings (SSSR count). The second-order valence-electron chi connectivity index (χ2n) is 4.15. The van der Waals surface area contributed by atoms with Crippen molar-refractivity contribution in [1.29, 1.82) is 5.26 Å². The Labute approximate surface area is 101 Å². The number of carbonyl (C=O) groups is 2. The third-order valence-corrected chi connectivity index (χ3v) is 2.59. The zero-order valence-corrected chi connectivity index (χ0v) is 10.1. The lowest BCUT2D eigenvalue weighted by Gasteiger charge is -2.07. The molecular formula is C14H15NO2. The molecule has 0 amide bonds. The Bertz CT molecular complexity index is 454. The first-order valence-corrected chi connectivity index (χ1v) is 5.54. The summed E-state index contributed by atoms with van der Waals surface area (Å²) >= 11 is 0. The van der Waals surface area contributed by atoms with E-state index in [1.807, 2.05) is 25.1 Å². The van der Waals surface area contributed by atoms with Gasteiger partial charge < -0.3 is 4.79 Å². The predicted octanol–water partition coefficient (Wildman–Crippen LogP) is 2.69. The number of rotatable bonds is 5. The van der Waals surface area contributed by atoms with E-state index in [2.05, 4.69) is 0 Å². The highest BCUT2D eigenvalue weighted by atomic mass is 16.1. The van der Waals surface area contributed by atoms with Crippen LogP contribution in [-0.4, -0.2) is 11.6 Å². The third-order valence-electron chi connectivity index (χ3n) is 2.59. The Kier molecular flexibility index (Phi) is 4.59. The number of nitrogens with zero attached hydrogens (tertiary/aromatic N) is 1. The van der Waals surface area contributed by atoms with E-state index >= 15 is 0 Å². The Hall–Kier alpha value is -1.95. The molecule has 0 radical (unpaired) electrons. The van der Waals surface area contributed by atoms with Crippen LogP contribution in [0.3, 0.4) is 0 Å². The minimum absolute atomic E-state index is 0.00181. The van der Waals surface area contributed by atoms with E-state index in [9.17, 15) is 9.59 Å². The molecule has 0 heterocycles. The highest BCUT2D eigenvalue weighted by molar-refractivity contribution is 5.99. The zero-order chi connectivity index (χ0) is 12.8. The van der Waals surface area contributed by atoms with Crippen molar-refractivity contribution in [2.75, 3.05) is 0 Å². The Morgan fingerprint density at radius 2 is 1.88 bits per heavy atom. The number of Topliss-reactive ketones (excluding diaryl/α,β-unsaturated/α-hetero) is 2. The molecule has 1 aromatic carbocycles. The smallest absolute Gasteiger partial charge is 0.179 e. The molecule has 0 aliphatic rings. The summed E-state index contributed by atoms with van der Waals surface area (Å²) in [6, 6.07) is 9.08. The summed E-state index contributed by atoms with van der Waals surface area (Å²) in [5.41, 5.74) is 1.60. The van der Waals surface area contributed by atoms with Gasteiger partial charge in [-0.25, -0.2) is 0 Å². The van der Waals surface area contributed by atoms with Gasteiger partial charge in [-0.2, -0.15) is 5.26 Å². The maximum atomic E-state index is 12.0. The van der Waals surface area contributed by atoms with Crippen molar-refractivity contribution in [3.63, 3.8) is 0 Å². The number of carbonyl (C=O) groups excluding carboxylic acids is 2. The van der Waals surface area contributed by atoms with E-state index in [1.165, 1.54) is 6.92 Å². The molecule has 88 valence electrons. The van der Waals surface area contributed by atoms with Crippen LogP contribution in [0.25, 0.3) is 0 Å². The first-order valence-electron chi connectivity index (χ1n) is 5.54. The van der Waals surface area contributed by atoms with Crippen molar-refractivity contribution >= 4 is 11.6 Å². The summed E-state index contributed by atoms with van der Waals surface area (Å²) < 4.78 is 0. The number of hydrogen-bond acceptors (Lipinski definition) is 3. The fraction of sp³-hybridized carbons (Fsp3) is 0.357. The van der Waals surface area contributed by atoms with Crippen LogP contribution in [0, 0.1) is 24.2 Å². The number of hydrogen-bond donors (Lipinski definition) is 0. The molecule has 1 aromatic rings. The molecule has 0 bridgehead atoms. The third kappa shape index (κ3) is 3.84. The first kappa shape index (κ1) is 13.1. The van der Waals surface area contributed by atoms with E-state index < -0.39 is 5.92 Å². The van der Waals surface area contributed by atoms with E-state index in [1.54, 1.807) is 12.1 Å². The lowest BCUT2D eigenvalue weighted by molar-refractivity contribution is -0.117. The van der Waals surface area contributed by atoms with Gasteiger partial charge in [0, 0.05) is 12.0 Å². The second-order valence-corrected chi connectivity index (χ2v) is 4.15. The van der Waals surface area contributed by atoms with Gasteiger partial charge in [0.15, 0.2) is 5.78 Å². The Morgan fingerprint density at radius 1 is 1.29 bits per heavy atom. The van der Waals surface area contributed by atoms with Gasteiger partial charge in [0.25, 0.3) is 0 Å². The topological polar surface area (TPSA) is 57.9 Å². The highest BCUT2D eigenvalue weighted by Gasteiger charge is 2.19. The zero-order valence-electron chi connectivity index (χ0n) is 10.1. The SMILES string of the molecule is CC(=O)CCC(C#N)C(=O)c1ccc(C)cc1. The van der Waals surface area contributed by atoms with Crippen LogP contribution in [0.5, 0.6) is 0 Å². The molecular weight excluding hydrogens is 214 g/mol. The summed E-state index contributed by atoms with van der Waals surface area (Å²) in [6.07, 6.45) is 0.578. The molecule has 0 fully saturated rings. The van der Waals surface area contributed by atoms with E-state index in [0.717, 1.165) is 5.56 Å². The lowest BCUT2D eigenvalue weighted by atomic mass is 9.93. The quantitative estimate of drug-likeness (QED) is 0.729. The van der Waals surface area contributed by atoms with Crippen LogP contribution in [0.15, 0.2) is 24.3 Å². The number of nitriles is 1. The molecule has 3 heteroatoms. The average Bonchev–Trinajstić information content (AvgIpc) is 2.30. The van der Waals surface area contributed by atoms with E-state index in [4.69, 9.17) is 5.26 Å². The van der Waals surface area contributed by atoms with Crippen molar-refractivity contribution in [3.05, 3.63) is 35.4 Å². The van der Waals surface area contributed by atoms with Crippen molar-refractivity contribution in [2.45, 2.75) is 26.7 Å². The Balaban J connectivity index is 2.76. The molecule has 0 spiro atoms. The predicted molar refractivity (Wildman–Crippen MR) is 64.5 cm³/mol. The van der Waals surface area contributed by atoms with Crippen LogP contribution < -0.4 is 0 Å². The first-order chi connectivity index (χ1) is 8.04. The summed E-state index contributed by atoms with van der Waals surface area (Å²) in [6.45, 7) is 3.40. The van der Waals surface area contributed by atoms with Crippen molar-refractivity contribution in [2.24, 2.45) is 5.92 Å².